The van der Waals surface area contributed by atoms with Crippen molar-refractivity contribution in [3.05, 3.63) is 65.4 Å². The second-order valence-corrected chi connectivity index (χ2v) is 6.15. The van der Waals surface area contributed by atoms with E-state index in [4.69, 9.17) is 4.42 Å². The number of hydrogen-bond acceptors (Lipinski definition) is 5. The molecule has 7 heteroatoms. The number of carbonyl (C=O) groups is 1. The van der Waals surface area contributed by atoms with Gasteiger partial charge in [-0.3, -0.25) is 4.79 Å². The average molecular weight is 347 g/mol. The molecule has 0 atom stereocenters. The maximum absolute atomic E-state index is 12.8. The Bertz CT molecular complexity index is 1110. The lowest BCUT2D eigenvalue weighted by Gasteiger charge is -2.08. The van der Waals surface area contributed by atoms with Gasteiger partial charge in [-0.25, -0.2) is 14.5 Å². The third-order valence-corrected chi connectivity index (χ3v) is 4.18. The van der Waals surface area contributed by atoms with Crippen LogP contribution in [-0.2, 0) is 0 Å². The number of benzene rings is 1. The highest BCUT2D eigenvalue weighted by Gasteiger charge is 2.16. The highest BCUT2D eigenvalue weighted by atomic mass is 16.3. The van der Waals surface area contributed by atoms with Crippen LogP contribution in [0.2, 0.25) is 0 Å². The summed E-state index contributed by atoms with van der Waals surface area (Å²) in [6, 6.07) is 7.52. The lowest BCUT2D eigenvalue weighted by molar-refractivity contribution is 0.102. The average Bonchev–Trinajstić information content (AvgIpc) is 3.26. The van der Waals surface area contributed by atoms with E-state index in [1.54, 1.807) is 10.7 Å². The van der Waals surface area contributed by atoms with Crippen LogP contribution in [0.5, 0.6) is 0 Å². The van der Waals surface area contributed by atoms with E-state index in [1.807, 2.05) is 45.0 Å². The number of aromatic nitrogens is 4. The van der Waals surface area contributed by atoms with Gasteiger partial charge in [0, 0.05) is 22.6 Å². The molecule has 7 nitrogen and oxygen atoms in total. The highest BCUT2D eigenvalue weighted by Crippen LogP contribution is 2.25. The zero-order valence-electron chi connectivity index (χ0n) is 14.6. The minimum absolute atomic E-state index is 0.264. The van der Waals surface area contributed by atoms with Crippen molar-refractivity contribution in [2.24, 2.45) is 0 Å². The number of nitrogens with zero attached hydrogens (tertiary/aromatic N) is 4. The van der Waals surface area contributed by atoms with Crippen LogP contribution < -0.4 is 5.32 Å². The normalized spacial score (nSPS) is 11.0. The molecule has 1 N–H and O–H groups in total. The van der Waals surface area contributed by atoms with Crippen molar-refractivity contribution in [1.29, 1.82) is 0 Å². The van der Waals surface area contributed by atoms with Crippen molar-refractivity contribution in [1.82, 2.24) is 19.6 Å². The molecule has 1 aromatic carbocycles. The molecule has 0 spiro atoms. The molecule has 0 saturated carbocycles. The van der Waals surface area contributed by atoms with Crippen molar-refractivity contribution in [3.8, 4) is 11.5 Å². The van der Waals surface area contributed by atoms with E-state index < -0.39 is 0 Å². The smallest absolute Gasteiger partial charge is 0.261 e. The Morgan fingerprint density at radius 3 is 2.81 bits per heavy atom. The van der Waals surface area contributed by atoms with Gasteiger partial charge in [-0.1, -0.05) is 6.07 Å². The maximum atomic E-state index is 12.8. The molecule has 3 aromatic heterocycles. The fourth-order valence-corrected chi connectivity index (χ4v) is 2.92. The summed E-state index contributed by atoms with van der Waals surface area (Å²) in [6.07, 6.45) is 4.65. The first-order valence-electron chi connectivity index (χ1n) is 8.17. The number of amides is 1. The monoisotopic (exact) mass is 347 g/mol. The van der Waals surface area contributed by atoms with E-state index >= 15 is 0 Å². The van der Waals surface area contributed by atoms with E-state index in [1.165, 1.54) is 12.5 Å². The zero-order valence-corrected chi connectivity index (χ0v) is 14.6. The number of anilines is 1. The Balaban J connectivity index is 1.68. The van der Waals surface area contributed by atoms with Gasteiger partial charge in [-0.05, 0) is 44.5 Å². The van der Waals surface area contributed by atoms with Gasteiger partial charge >= 0.3 is 0 Å². The SMILES string of the molecule is Cc1cc(C)n2ncc(C(=O)Nc3ccc(C)c(-c4ncco4)c3)c2n1. The number of fused-ring (bicyclic) bond motifs is 1. The van der Waals surface area contributed by atoms with E-state index in [9.17, 15) is 4.79 Å². The Labute approximate surface area is 149 Å². The van der Waals surface area contributed by atoms with Gasteiger partial charge in [0.15, 0.2) is 5.65 Å². The summed E-state index contributed by atoms with van der Waals surface area (Å²) in [7, 11) is 0. The Morgan fingerprint density at radius 1 is 1.19 bits per heavy atom. The number of oxazole rings is 1. The number of carbonyl (C=O) groups excluding carboxylic acids is 1. The Kier molecular flexibility index (Phi) is 3.76. The number of nitrogens with one attached hydrogen (secondary N) is 1. The summed E-state index contributed by atoms with van der Waals surface area (Å²) >= 11 is 0. The number of hydrogen-bond donors (Lipinski definition) is 1. The zero-order chi connectivity index (χ0) is 18.3. The molecule has 130 valence electrons. The van der Waals surface area contributed by atoms with Gasteiger partial charge in [-0.2, -0.15) is 5.10 Å². The first-order chi connectivity index (χ1) is 12.5. The summed E-state index contributed by atoms with van der Waals surface area (Å²) in [5, 5.41) is 7.17. The molecule has 0 unspecified atom stereocenters. The largest absolute Gasteiger partial charge is 0.445 e. The molecule has 1 amide bonds. The molecule has 0 bridgehead atoms. The van der Waals surface area contributed by atoms with Gasteiger partial charge in [-0.15, -0.1) is 0 Å². The van der Waals surface area contributed by atoms with E-state index in [2.05, 4.69) is 20.4 Å². The van der Waals surface area contributed by atoms with Crippen molar-refractivity contribution in [3.63, 3.8) is 0 Å². The molecule has 0 radical (unpaired) electrons. The van der Waals surface area contributed by atoms with Crippen molar-refractivity contribution in [2.75, 3.05) is 5.32 Å². The minimum atomic E-state index is -0.264. The third-order valence-electron chi connectivity index (χ3n) is 4.18. The second kappa shape index (κ2) is 6.11. The molecular weight excluding hydrogens is 330 g/mol. The topological polar surface area (TPSA) is 85.3 Å². The summed E-state index contributed by atoms with van der Waals surface area (Å²) in [5.74, 6) is 0.252. The fourth-order valence-electron chi connectivity index (χ4n) is 2.92. The van der Waals surface area contributed by atoms with Crippen LogP contribution in [0.4, 0.5) is 5.69 Å². The summed E-state index contributed by atoms with van der Waals surface area (Å²) < 4.78 is 7.03. The van der Waals surface area contributed by atoms with Crippen LogP contribution in [0.15, 0.2) is 47.3 Å². The van der Waals surface area contributed by atoms with E-state index in [0.717, 1.165) is 22.5 Å². The maximum Gasteiger partial charge on any atom is 0.261 e. The Hall–Kier alpha value is -3.48. The van der Waals surface area contributed by atoms with Crippen LogP contribution >= 0.6 is 0 Å². The van der Waals surface area contributed by atoms with Crippen molar-refractivity contribution < 1.29 is 9.21 Å². The highest BCUT2D eigenvalue weighted by molar-refractivity contribution is 6.08. The van der Waals surface area contributed by atoms with Gasteiger partial charge < -0.3 is 9.73 Å². The molecule has 4 aromatic rings. The van der Waals surface area contributed by atoms with Crippen LogP contribution in [-0.4, -0.2) is 25.5 Å². The molecule has 26 heavy (non-hydrogen) atoms. The molecule has 0 saturated heterocycles. The molecule has 4 rings (SSSR count). The predicted molar refractivity (Wildman–Crippen MR) is 97.1 cm³/mol. The summed E-state index contributed by atoms with van der Waals surface area (Å²) in [5.41, 5.74) is 5.22. The molecule has 0 aliphatic rings. The van der Waals surface area contributed by atoms with E-state index in [-0.39, 0.29) is 5.91 Å². The third kappa shape index (κ3) is 2.73. The summed E-state index contributed by atoms with van der Waals surface area (Å²) in [4.78, 5) is 21.4. The van der Waals surface area contributed by atoms with Crippen LogP contribution in [0.25, 0.3) is 17.1 Å². The second-order valence-electron chi connectivity index (χ2n) is 6.15. The van der Waals surface area contributed by atoms with Crippen molar-refractivity contribution >= 4 is 17.2 Å². The quantitative estimate of drug-likeness (QED) is 0.612. The first-order valence-corrected chi connectivity index (χ1v) is 8.17. The standard InChI is InChI=1S/C19H17N5O2/c1-11-4-5-14(9-15(11)19-20-6-7-26-19)23-18(25)16-10-21-24-13(3)8-12(2)22-17(16)24/h4-10H,1-3H3,(H,23,25). The molecule has 0 aliphatic heterocycles. The predicted octanol–water partition coefficient (Wildman–Crippen LogP) is 3.56. The van der Waals surface area contributed by atoms with Gasteiger partial charge in [0.05, 0.1) is 12.4 Å². The van der Waals surface area contributed by atoms with Gasteiger partial charge in [0.25, 0.3) is 5.91 Å². The van der Waals surface area contributed by atoms with Crippen LogP contribution in [0.1, 0.15) is 27.3 Å². The fraction of sp³-hybridized carbons (Fsp3) is 0.158. The lowest BCUT2D eigenvalue weighted by Crippen LogP contribution is -2.12. The molecule has 3 heterocycles. The van der Waals surface area contributed by atoms with Crippen molar-refractivity contribution in [2.45, 2.75) is 20.8 Å². The van der Waals surface area contributed by atoms with Gasteiger partial charge in [0.2, 0.25) is 5.89 Å². The molecular formula is C19H17N5O2. The Morgan fingerprint density at radius 2 is 2.04 bits per heavy atom. The lowest BCUT2D eigenvalue weighted by atomic mass is 10.1. The minimum Gasteiger partial charge on any atom is -0.445 e. The van der Waals surface area contributed by atoms with Crippen LogP contribution in [0, 0.1) is 20.8 Å². The molecule has 0 fully saturated rings. The molecule has 0 aliphatic carbocycles. The first kappa shape index (κ1) is 16.0. The summed E-state index contributed by atoms with van der Waals surface area (Å²) in [6.45, 7) is 5.79. The number of aryl methyl sites for hydroxylation is 3. The number of rotatable bonds is 3. The van der Waals surface area contributed by atoms with Crippen LogP contribution in [0.3, 0.4) is 0 Å². The van der Waals surface area contributed by atoms with E-state index in [0.29, 0.717) is 22.8 Å². The van der Waals surface area contributed by atoms with Gasteiger partial charge in [0.1, 0.15) is 11.8 Å².